The van der Waals surface area contributed by atoms with Crippen molar-refractivity contribution in [3.05, 3.63) is 29.0 Å². The van der Waals surface area contributed by atoms with Crippen molar-refractivity contribution in [3.63, 3.8) is 0 Å². The Bertz CT molecular complexity index is 1670. The lowest BCUT2D eigenvalue weighted by Crippen LogP contribution is -2.60. The summed E-state index contributed by atoms with van der Waals surface area (Å²) in [6, 6.07) is 3.28. The Morgan fingerprint density at radius 3 is 2.43 bits per heavy atom. The van der Waals surface area contributed by atoms with E-state index in [0.29, 0.717) is 30.1 Å². The van der Waals surface area contributed by atoms with Crippen LogP contribution in [0.15, 0.2) is 28.5 Å². The van der Waals surface area contributed by atoms with Gasteiger partial charge in [0.05, 0.1) is 37.1 Å². The molecule has 4 aliphatic heterocycles. The number of aromatic nitrogens is 1. The second kappa shape index (κ2) is 19.2. The third-order valence-electron chi connectivity index (χ3n) is 12.4. The molecule has 0 aromatic carbocycles. The SMILES string of the molecule is CC[C@H]1OC(=O)[C@H](C)C(=O)[C@H](C)[C@@H](O[C@@H]2O[C@H](C)C[C@H](N(C)C)[C@H]2O)[C@@]2(C)C[C@@H](C)C3=NC(=O)C(CCCc4ccc(Cl)nc4)O/N=C(\CO[C@@H]([C@@H]3C)[C@]1(C)O)CO2. The standard InChI is InChI=1S/C42H63ClN4O11/c1-11-31-42(8,52)37-24(4)33-22(2)18-41(7,36(25(5)34(48)26(6)39(51)56-31)57-40-35(49)29(47(9)10)17-23(3)55-40)54-21-28(20-53-37)46-58-30(38(50)45-33)14-12-13-27-15-16-32(43)44-19-27/h15-16,19,22-26,29-31,35-37,40,49,52H,11-14,17-18,20-21H2,1-10H3/b45-33?,46-28+/t22-,23-,24-,25+,26-,29+,30?,31-,35-,36-,37+,40+,41-,42-/m1/s1. The van der Waals surface area contributed by atoms with Crippen LogP contribution in [0.25, 0.3) is 0 Å². The number of nitrogens with zero attached hydrogens (tertiary/aromatic N) is 4. The van der Waals surface area contributed by atoms with Gasteiger partial charge in [0.2, 0.25) is 6.10 Å². The number of hydrogen-bond donors (Lipinski definition) is 2. The predicted molar refractivity (Wildman–Crippen MR) is 215 cm³/mol. The summed E-state index contributed by atoms with van der Waals surface area (Å²) >= 11 is 5.98. The number of pyridine rings is 1. The van der Waals surface area contributed by atoms with Gasteiger partial charge in [0, 0.05) is 29.8 Å². The molecule has 14 atom stereocenters. The largest absolute Gasteiger partial charge is 0.459 e. The molecule has 324 valence electrons. The Hall–Kier alpha value is -2.89. The number of hydrogen-bond acceptors (Lipinski definition) is 14. The number of likely N-dealkylation sites (N-methyl/N-ethyl adjacent to an activating group) is 1. The molecule has 5 heterocycles. The number of carbonyl (C=O) groups excluding carboxylic acids is 3. The van der Waals surface area contributed by atoms with Gasteiger partial charge in [0.25, 0.3) is 5.91 Å². The van der Waals surface area contributed by atoms with Crippen molar-refractivity contribution in [2.75, 3.05) is 27.3 Å². The van der Waals surface area contributed by atoms with Gasteiger partial charge in [-0.25, -0.2) is 9.98 Å². The molecule has 3 fully saturated rings. The van der Waals surface area contributed by atoms with Crippen LogP contribution in [0, 0.1) is 23.7 Å². The maximum Gasteiger partial charge on any atom is 0.316 e. The lowest BCUT2D eigenvalue weighted by Gasteiger charge is -2.47. The number of aryl methyl sites for hydroxylation is 1. The number of aliphatic hydroxyl groups excluding tert-OH is 1. The lowest BCUT2D eigenvalue weighted by atomic mass is 9.73. The summed E-state index contributed by atoms with van der Waals surface area (Å²) in [6.45, 7) is 13.5. The summed E-state index contributed by atoms with van der Waals surface area (Å²) in [5.74, 6) is -5.36. The van der Waals surface area contributed by atoms with E-state index in [1.807, 2.05) is 45.8 Å². The fourth-order valence-electron chi connectivity index (χ4n) is 9.03. The summed E-state index contributed by atoms with van der Waals surface area (Å²) in [7, 11) is 3.74. The smallest absolute Gasteiger partial charge is 0.316 e. The van der Waals surface area contributed by atoms with Crippen molar-refractivity contribution in [2.45, 2.75) is 154 Å². The molecule has 0 spiro atoms. The number of aliphatic hydroxyl groups is 2. The van der Waals surface area contributed by atoms with Crippen LogP contribution in [0.3, 0.4) is 0 Å². The van der Waals surface area contributed by atoms with Crippen molar-refractivity contribution < 1.29 is 53.1 Å². The van der Waals surface area contributed by atoms with Gasteiger partial charge in [0.15, 0.2) is 12.1 Å². The number of ketones is 1. The van der Waals surface area contributed by atoms with E-state index in [1.54, 1.807) is 33.0 Å². The summed E-state index contributed by atoms with van der Waals surface area (Å²) in [4.78, 5) is 59.4. The quantitative estimate of drug-likeness (QED) is 0.214. The van der Waals surface area contributed by atoms with Crippen molar-refractivity contribution in [2.24, 2.45) is 33.8 Å². The maximum absolute atomic E-state index is 14.4. The number of Topliss-reactive ketones (excluding diaryl/α,β-unsaturated/α-hetero) is 1. The highest BCUT2D eigenvalue weighted by atomic mass is 35.5. The van der Waals surface area contributed by atoms with Crippen LogP contribution < -0.4 is 0 Å². The first-order chi connectivity index (χ1) is 27.3. The number of rotatable bonds is 8. The van der Waals surface area contributed by atoms with Crippen molar-refractivity contribution in [1.82, 2.24) is 9.88 Å². The minimum Gasteiger partial charge on any atom is -0.459 e. The molecule has 4 bridgehead atoms. The van der Waals surface area contributed by atoms with Crippen LogP contribution in [-0.4, -0.2) is 137 Å². The third-order valence-corrected chi connectivity index (χ3v) is 12.6. The Kier molecular flexibility index (Phi) is 15.3. The van der Waals surface area contributed by atoms with Crippen LogP contribution in [-0.2, 0) is 49.3 Å². The first kappa shape index (κ1) is 46.2. The van der Waals surface area contributed by atoms with Gasteiger partial charge in [-0.3, -0.25) is 14.4 Å². The van der Waals surface area contributed by atoms with Gasteiger partial charge in [-0.1, -0.05) is 50.5 Å². The van der Waals surface area contributed by atoms with Crippen molar-refractivity contribution >= 4 is 40.7 Å². The Morgan fingerprint density at radius 1 is 1.05 bits per heavy atom. The monoisotopic (exact) mass is 834 g/mol. The number of ether oxygens (including phenoxy) is 5. The lowest BCUT2D eigenvalue weighted by molar-refractivity contribution is -0.296. The molecule has 1 aromatic heterocycles. The summed E-state index contributed by atoms with van der Waals surface area (Å²) in [5.41, 5.74) is -1.58. The molecule has 2 N–H and O–H groups in total. The second-order valence-electron chi connectivity index (χ2n) is 17.3. The van der Waals surface area contributed by atoms with E-state index in [2.05, 4.69) is 10.1 Å². The average Bonchev–Trinajstić information content (AvgIpc) is 3.20. The molecule has 3 saturated heterocycles. The molecule has 1 aromatic rings. The third kappa shape index (κ3) is 10.3. The number of halogens is 1. The fourth-order valence-corrected chi connectivity index (χ4v) is 9.14. The second-order valence-corrected chi connectivity index (χ2v) is 17.7. The van der Waals surface area contributed by atoms with E-state index in [-0.39, 0.29) is 50.3 Å². The zero-order valence-electron chi connectivity index (χ0n) is 35.6. The van der Waals surface area contributed by atoms with Gasteiger partial charge >= 0.3 is 5.97 Å². The predicted octanol–water partition coefficient (Wildman–Crippen LogP) is 4.36. The van der Waals surface area contributed by atoms with Crippen molar-refractivity contribution in [1.29, 1.82) is 0 Å². The van der Waals surface area contributed by atoms with Crippen LogP contribution >= 0.6 is 11.6 Å². The fraction of sp³-hybridized carbons (Fsp3) is 0.762. The van der Waals surface area contributed by atoms with E-state index >= 15 is 0 Å². The van der Waals surface area contributed by atoms with Crippen LogP contribution in [0.4, 0.5) is 0 Å². The molecular formula is C42H63ClN4O11. The summed E-state index contributed by atoms with van der Waals surface area (Å²) in [6.07, 6.45) is -2.84. The Labute approximate surface area is 347 Å². The van der Waals surface area contributed by atoms with E-state index in [9.17, 15) is 24.6 Å². The number of carbonyl (C=O) groups is 3. The molecule has 0 aliphatic carbocycles. The zero-order valence-corrected chi connectivity index (χ0v) is 36.3. The first-order valence-electron chi connectivity index (χ1n) is 20.6. The van der Waals surface area contributed by atoms with Gasteiger partial charge in [-0.15, -0.1) is 0 Å². The van der Waals surface area contributed by atoms with Gasteiger partial charge in [-0.05, 0) is 97.9 Å². The van der Waals surface area contributed by atoms with Crippen LogP contribution in [0.5, 0.6) is 0 Å². The number of oxime groups is 1. The molecule has 1 amide bonds. The van der Waals surface area contributed by atoms with E-state index in [4.69, 9.17) is 45.1 Å². The average molecular weight is 835 g/mol. The molecule has 5 rings (SSSR count). The highest BCUT2D eigenvalue weighted by molar-refractivity contribution is 6.29. The summed E-state index contributed by atoms with van der Waals surface area (Å²) < 4.78 is 32.4. The number of cyclic esters (lactones) is 1. The Balaban J connectivity index is 1.64. The van der Waals surface area contributed by atoms with E-state index in [1.165, 1.54) is 13.8 Å². The van der Waals surface area contributed by atoms with Crippen molar-refractivity contribution in [3.8, 4) is 0 Å². The van der Waals surface area contributed by atoms with Crippen LogP contribution in [0.1, 0.15) is 93.1 Å². The number of fused-ring (bicyclic) bond motifs is 4. The molecule has 15 nitrogen and oxygen atoms in total. The Morgan fingerprint density at radius 2 is 1.78 bits per heavy atom. The van der Waals surface area contributed by atoms with E-state index < -0.39 is 89.3 Å². The minimum absolute atomic E-state index is 0.161. The topological polar surface area (TPSA) is 188 Å². The van der Waals surface area contributed by atoms with E-state index in [0.717, 1.165) is 5.56 Å². The van der Waals surface area contributed by atoms with Gasteiger partial charge < -0.3 is 43.6 Å². The molecular weight excluding hydrogens is 772 g/mol. The molecule has 1 unspecified atom stereocenters. The normalized spacial score (nSPS) is 40.4. The highest BCUT2D eigenvalue weighted by Crippen LogP contribution is 2.40. The van der Waals surface area contributed by atoms with Gasteiger partial charge in [0.1, 0.15) is 34.6 Å². The van der Waals surface area contributed by atoms with Crippen LogP contribution in [0.2, 0.25) is 5.15 Å². The minimum atomic E-state index is -1.82. The molecule has 0 saturated carbocycles. The zero-order chi connectivity index (χ0) is 42.7. The first-order valence-corrected chi connectivity index (χ1v) is 21.0. The number of aliphatic imine (C=N–C) groups is 1. The molecule has 16 heteroatoms. The molecule has 58 heavy (non-hydrogen) atoms. The highest BCUT2D eigenvalue weighted by Gasteiger charge is 2.53. The van der Waals surface area contributed by atoms with Gasteiger partial charge in [-0.2, -0.15) is 0 Å². The molecule has 0 radical (unpaired) electrons. The maximum atomic E-state index is 14.4. The number of amides is 1. The molecule has 4 aliphatic rings. The summed E-state index contributed by atoms with van der Waals surface area (Å²) in [5, 5.41) is 28.8. The number of esters is 1.